The summed E-state index contributed by atoms with van der Waals surface area (Å²) in [5, 5.41) is 6.69. The van der Waals surface area contributed by atoms with Gasteiger partial charge < -0.3 is 10.6 Å². The lowest BCUT2D eigenvalue weighted by molar-refractivity contribution is -0.121. The van der Waals surface area contributed by atoms with Crippen molar-refractivity contribution in [1.82, 2.24) is 10.6 Å². The normalized spacial score (nSPS) is 27.8. The number of hydrogen-bond donors (Lipinski definition) is 2. The van der Waals surface area contributed by atoms with E-state index in [1.807, 2.05) is 0 Å². The van der Waals surface area contributed by atoms with E-state index in [2.05, 4.69) is 24.5 Å². The number of carbonyl (C=O) groups excluding carboxylic acids is 1. The summed E-state index contributed by atoms with van der Waals surface area (Å²) in [5.74, 6) is 0.195. The van der Waals surface area contributed by atoms with Crippen molar-refractivity contribution < 1.29 is 4.79 Å². The molecule has 1 atom stereocenters. The molecular formula is C17H32N2O. The van der Waals surface area contributed by atoms with Crippen LogP contribution in [0.4, 0.5) is 0 Å². The predicted molar refractivity (Wildman–Crippen MR) is 83.7 cm³/mol. The fraction of sp³-hybridized carbons (Fsp3) is 0.941. The van der Waals surface area contributed by atoms with Crippen molar-refractivity contribution in [2.24, 2.45) is 5.41 Å². The van der Waals surface area contributed by atoms with Crippen molar-refractivity contribution >= 4 is 5.91 Å². The third kappa shape index (κ3) is 5.43. The van der Waals surface area contributed by atoms with Crippen LogP contribution in [0.15, 0.2) is 0 Å². The van der Waals surface area contributed by atoms with E-state index in [1.165, 1.54) is 64.2 Å². The van der Waals surface area contributed by atoms with Gasteiger partial charge >= 0.3 is 0 Å². The van der Waals surface area contributed by atoms with Crippen molar-refractivity contribution in [2.75, 3.05) is 6.54 Å². The molecule has 3 nitrogen and oxygen atoms in total. The molecule has 0 aliphatic heterocycles. The van der Waals surface area contributed by atoms with E-state index in [0.717, 1.165) is 0 Å². The first kappa shape index (κ1) is 15.8. The summed E-state index contributed by atoms with van der Waals surface area (Å²) < 4.78 is 0. The summed E-state index contributed by atoms with van der Waals surface area (Å²) in [4.78, 5) is 12.1. The Labute approximate surface area is 124 Å². The minimum absolute atomic E-state index is 0.195. The van der Waals surface area contributed by atoms with Crippen molar-refractivity contribution in [3.05, 3.63) is 0 Å². The molecule has 1 unspecified atom stereocenters. The van der Waals surface area contributed by atoms with Gasteiger partial charge in [-0.2, -0.15) is 0 Å². The molecule has 2 N–H and O–H groups in total. The van der Waals surface area contributed by atoms with Gasteiger partial charge in [0.1, 0.15) is 0 Å². The Morgan fingerprint density at radius 3 is 2.30 bits per heavy atom. The highest BCUT2D eigenvalue weighted by atomic mass is 16.1. The Bertz CT molecular complexity index is 306. The molecule has 2 aliphatic carbocycles. The van der Waals surface area contributed by atoms with Gasteiger partial charge in [0.15, 0.2) is 0 Å². The molecule has 0 saturated heterocycles. The average Bonchev–Trinajstić information content (AvgIpc) is 2.64. The van der Waals surface area contributed by atoms with Crippen LogP contribution in [0, 0.1) is 5.41 Å². The molecule has 2 aliphatic rings. The molecule has 0 aromatic rings. The second kappa shape index (κ2) is 7.44. The summed E-state index contributed by atoms with van der Waals surface area (Å²) in [6.07, 6.45) is 12.6. The molecule has 0 aromatic carbocycles. The van der Waals surface area contributed by atoms with Crippen LogP contribution in [0.5, 0.6) is 0 Å². The highest BCUT2D eigenvalue weighted by Crippen LogP contribution is 2.34. The van der Waals surface area contributed by atoms with Crippen molar-refractivity contribution in [3.8, 4) is 0 Å². The van der Waals surface area contributed by atoms with Crippen LogP contribution < -0.4 is 10.6 Å². The number of hydrogen-bond acceptors (Lipinski definition) is 2. The zero-order valence-electron chi connectivity index (χ0n) is 13.3. The zero-order chi connectivity index (χ0) is 14.4. The molecule has 1 amide bonds. The van der Waals surface area contributed by atoms with E-state index >= 15 is 0 Å². The summed E-state index contributed by atoms with van der Waals surface area (Å²) in [6.45, 7) is 5.18. The quantitative estimate of drug-likeness (QED) is 0.775. The Balaban J connectivity index is 1.66. The first-order chi connectivity index (χ1) is 9.55. The average molecular weight is 280 g/mol. The maximum absolute atomic E-state index is 12.1. The molecule has 0 aromatic heterocycles. The molecule has 0 bridgehead atoms. The fourth-order valence-electron chi connectivity index (χ4n) is 3.81. The van der Waals surface area contributed by atoms with E-state index in [9.17, 15) is 4.79 Å². The smallest absolute Gasteiger partial charge is 0.234 e. The van der Waals surface area contributed by atoms with E-state index in [0.29, 0.717) is 24.0 Å². The van der Waals surface area contributed by atoms with E-state index < -0.39 is 0 Å². The molecular weight excluding hydrogens is 248 g/mol. The van der Waals surface area contributed by atoms with Gasteiger partial charge in [-0.15, -0.1) is 0 Å². The number of amides is 1. The first-order valence-corrected chi connectivity index (χ1v) is 8.58. The minimum atomic E-state index is 0.195. The van der Waals surface area contributed by atoms with Crippen LogP contribution >= 0.6 is 0 Å². The van der Waals surface area contributed by atoms with Crippen molar-refractivity contribution in [1.29, 1.82) is 0 Å². The second-order valence-electron chi connectivity index (χ2n) is 7.59. The minimum Gasteiger partial charge on any atom is -0.352 e. The predicted octanol–water partition coefficient (Wildman–Crippen LogP) is 3.38. The molecule has 20 heavy (non-hydrogen) atoms. The fourth-order valence-corrected chi connectivity index (χ4v) is 3.81. The Morgan fingerprint density at radius 2 is 1.65 bits per heavy atom. The molecule has 2 saturated carbocycles. The van der Waals surface area contributed by atoms with E-state index in [1.54, 1.807) is 0 Å². The van der Waals surface area contributed by atoms with Gasteiger partial charge in [-0.1, -0.05) is 46.0 Å². The van der Waals surface area contributed by atoms with Gasteiger partial charge in [0, 0.05) is 12.1 Å². The Kier molecular flexibility index (Phi) is 5.88. The summed E-state index contributed by atoms with van der Waals surface area (Å²) in [7, 11) is 0. The monoisotopic (exact) mass is 280 g/mol. The maximum Gasteiger partial charge on any atom is 0.234 e. The number of rotatable bonds is 4. The van der Waals surface area contributed by atoms with E-state index in [-0.39, 0.29) is 5.91 Å². The SMILES string of the molecule is CC1(C)CCCC(NCC(=O)NC2CCCCCC2)C1. The summed E-state index contributed by atoms with van der Waals surface area (Å²) in [5.41, 5.74) is 0.438. The maximum atomic E-state index is 12.1. The largest absolute Gasteiger partial charge is 0.352 e. The topological polar surface area (TPSA) is 41.1 Å². The van der Waals surface area contributed by atoms with Gasteiger partial charge in [0.25, 0.3) is 0 Å². The van der Waals surface area contributed by atoms with Crippen LogP contribution in [0.1, 0.15) is 78.1 Å². The zero-order valence-corrected chi connectivity index (χ0v) is 13.3. The first-order valence-electron chi connectivity index (χ1n) is 8.58. The van der Waals surface area contributed by atoms with Gasteiger partial charge in [-0.05, 0) is 37.5 Å². The van der Waals surface area contributed by atoms with E-state index in [4.69, 9.17) is 0 Å². The molecule has 0 spiro atoms. The number of carbonyl (C=O) groups is 1. The van der Waals surface area contributed by atoms with Crippen molar-refractivity contribution in [2.45, 2.75) is 90.1 Å². The molecule has 2 rings (SSSR count). The third-order valence-electron chi connectivity index (χ3n) is 4.98. The van der Waals surface area contributed by atoms with Crippen LogP contribution in [-0.4, -0.2) is 24.5 Å². The third-order valence-corrected chi connectivity index (χ3v) is 4.98. The number of nitrogens with one attached hydrogen (secondary N) is 2. The van der Waals surface area contributed by atoms with Crippen LogP contribution in [0.2, 0.25) is 0 Å². The molecule has 0 heterocycles. The van der Waals surface area contributed by atoms with Gasteiger partial charge in [0.2, 0.25) is 5.91 Å². The molecule has 2 fully saturated rings. The highest BCUT2D eigenvalue weighted by molar-refractivity contribution is 5.78. The van der Waals surface area contributed by atoms with Gasteiger partial charge in [-0.3, -0.25) is 4.79 Å². The van der Waals surface area contributed by atoms with Crippen molar-refractivity contribution in [3.63, 3.8) is 0 Å². The molecule has 3 heteroatoms. The Hall–Kier alpha value is -0.570. The molecule has 116 valence electrons. The van der Waals surface area contributed by atoms with Crippen LogP contribution in [0.3, 0.4) is 0 Å². The van der Waals surface area contributed by atoms with Gasteiger partial charge in [-0.25, -0.2) is 0 Å². The lowest BCUT2D eigenvalue weighted by Crippen LogP contribution is -2.45. The standard InChI is InChI=1S/C17H32N2O/c1-17(2)11-7-10-15(12-17)18-13-16(20)19-14-8-5-3-4-6-9-14/h14-15,18H,3-13H2,1-2H3,(H,19,20). The Morgan fingerprint density at radius 1 is 1.00 bits per heavy atom. The highest BCUT2D eigenvalue weighted by Gasteiger charge is 2.27. The van der Waals surface area contributed by atoms with Gasteiger partial charge in [0.05, 0.1) is 6.54 Å². The summed E-state index contributed by atoms with van der Waals surface area (Å²) >= 11 is 0. The lowest BCUT2D eigenvalue weighted by atomic mass is 9.75. The lowest BCUT2D eigenvalue weighted by Gasteiger charge is -2.35. The van der Waals surface area contributed by atoms with Crippen LogP contribution in [0.25, 0.3) is 0 Å². The van der Waals surface area contributed by atoms with Crippen LogP contribution in [-0.2, 0) is 4.79 Å². The second-order valence-corrected chi connectivity index (χ2v) is 7.59. The molecule has 0 radical (unpaired) electrons. The summed E-state index contributed by atoms with van der Waals surface area (Å²) in [6, 6.07) is 0.952.